The van der Waals surface area contributed by atoms with E-state index in [1.807, 2.05) is 11.9 Å². The first-order valence-corrected chi connectivity index (χ1v) is 6.60. The summed E-state index contributed by atoms with van der Waals surface area (Å²) in [6.07, 6.45) is 4.62. The molecule has 2 atom stereocenters. The molecule has 5 nitrogen and oxygen atoms in total. The Morgan fingerprint density at radius 3 is 2.39 bits per heavy atom. The number of carboxylic acids is 1. The second-order valence-corrected chi connectivity index (χ2v) is 4.89. The summed E-state index contributed by atoms with van der Waals surface area (Å²) in [6, 6.07) is -0.497. The molecule has 0 saturated heterocycles. The SMILES string of the molecule is CCCCCC(C)N(C)CC(=O)NC(C)C(=O)O. The first-order valence-electron chi connectivity index (χ1n) is 6.60. The standard InChI is InChI=1S/C13H26N2O3/c1-5-6-7-8-10(2)15(4)9-12(16)14-11(3)13(17)18/h10-11H,5-9H2,1-4H3,(H,14,16)(H,17,18). The molecule has 0 aromatic rings. The quantitative estimate of drug-likeness (QED) is 0.615. The maximum absolute atomic E-state index is 11.6. The first kappa shape index (κ1) is 16.9. The van der Waals surface area contributed by atoms with E-state index < -0.39 is 12.0 Å². The molecule has 0 saturated carbocycles. The Labute approximate surface area is 110 Å². The van der Waals surface area contributed by atoms with Crippen molar-refractivity contribution >= 4 is 11.9 Å². The van der Waals surface area contributed by atoms with Gasteiger partial charge in [-0.1, -0.05) is 26.2 Å². The average molecular weight is 258 g/mol. The summed E-state index contributed by atoms with van der Waals surface area (Å²) in [5.41, 5.74) is 0. The third-order valence-electron chi connectivity index (χ3n) is 3.12. The highest BCUT2D eigenvalue weighted by Gasteiger charge is 2.17. The van der Waals surface area contributed by atoms with Gasteiger partial charge in [-0.05, 0) is 27.3 Å². The predicted octanol–water partition coefficient (Wildman–Crippen LogP) is 1.48. The van der Waals surface area contributed by atoms with Crippen LogP contribution in [-0.4, -0.2) is 47.6 Å². The second-order valence-electron chi connectivity index (χ2n) is 4.89. The van der Waals surface area contributed by atoms with E-state index in [0.717, 1.165) is 12.8 Å². The van der Waals surface area contributed by atoms with Crippen LogP contribution in [0.3, 0.4) is 0 Å². The molecule has 1 amide bonds. The van der Waals surface area contributed by atoms with E-state index in [1.54, 1.807) is 0 Å². The number of likely N-dealkylation sites (N-methyl/N-ethyl adjacent to an activating group) is 1. The molecule has 0 aliphatic rings. The van der Waals surface area contributed by atoms with Crippen molar-refractivity contribution in [2.24, 2.45) is 0 Å². The fraction of sp³-hybridized carbons (Fsp3) is 0.846. The molecule has 106 valence electrons. The van der Waals surface area contributed by atoms with Gasteiger partial charge in [0, 0.05) is 6.04 Å². The first-order chi connectivity index (χ1) is 8.38. The monoisotopic (exact) mass is 258 g/mol. The van der Waals surface area contributed by atoms with Crippen molar-refractivity contribution < 1.29 is 14.7 Å². The lowest BCUT2D eigenvalue weighted by Gasteiger charge is -2.24. The Hall–Kier alpha value is -1.10. The van der Waals surface area contributed by atoms with Crippen molar-refractivity contribution in [2.75, 3.05) is 13.6 Å². The topological polar surface area (TPSA) is 69.6 Å². The molecule has 0 aromatic heterocycles. The van der Waals surface area contributed by atoms with Gasteiger partial charge in [-0.2, -0.15) is 0 Å². The number of carbonyl (C=O) groups excluding carboxylic acids is 1. The van der Waals surface area contributed by atoms with Crippen LogP contribution < -0.4 is 5.32 Å². The maximum atomic E-state index is 11.6. The number of carboxylic acid groups (broad SMARTS) is 1. The van der Waals surface area contributed by atoms with Crippen LogP contribution in [0.25, 0.3) is 0 Å². The van der Waals surface area contributed by atoms with Crippen LogP contribution in [0.2, 0.25) is 0 Å². The minimum Gasteiger partial charge on any atom is -0.480 e. The minimum atomic E-state index is -1.01. The fourth-order valence-electron chi connectivity index (χ4n) is 1.64. The number of unbranched alkanes of at least 4 members (excludes halogenated alkanes) is 2. The van der Waals surface area contributed by atoms with Gasteiger partial charge in [0.1, 0.15) is 6.04 Å². The molecule has 5 heteroatoms. The van der Waals surface area contributed by atoms with Gasteiger partial charge in [-0.3, -0.25) is 14.5 Å². The van der Waals surface area contributed by atoms with Crippen molar-refractivity contribution in [3.8, 4) is 0 Å². The molecule has 0 aliphatic carbocycles. The van der Waals surface area contributed by atoms with Gasteiger partial charge >= 0.3 is 5.97 Å². The van der Waals surface area contributed by atoms with Gasteiger partial charge in [0.15, 0.2) is 0 Å². The third-order valence-corrected chi connectivity index (χ3v) is 3.12. The van der Waals surface area contributed by atoms with E-state index in [1.165, 1.54) is 19.8 Å². The van der Waals surface area contributed by atoms with Crippen LogP contribution >= 0.6 is 0 Å². The van der Waals surface area contributed by atoms with Crippen molar-refractivity contribution in [2.45, 2.75) is 58.5 Å². The summed E-state index contributed by atoms with van der Waals surface area (Å²) < 4.78 is 0. The average Bonchev–Trinajstić information content (AvgIpc) is 2.28. The number of nitrogens with zero attached hydrogens (tertiary/aromatic N) is 1. The molecular formula is C13H26N2O3. The fourth-order valence-corrected chi connectivity index (χ4v) is 1.64. The summed E-state index contributed by atoms with van der Waals surface area (Å²) in [6.45, 7) is 5.95. The normalized spacial score (nSPS) is 14.3. The summed E-state index contributed by atoms with van der Waals surface area (Å²) in [7, 11) is 1.89. The van der Waals surface area contributed by atoms with Crippen LogP contribution in [0.1, 0.15) is 46.5 Å². The Kier molecular flexibility index (Phi) is 8.37. The Morgan fingerprint density at radius 1 is 1.28 bits per heavy atom. The largest absolute Gasteiger partial charge is 0.480 e. The lowest BCUT2D eigenvalue weighted by molar-refractivity contribution is -0.141. The molecule has 0 heterocycles. The van der Waals surface area contributed by atoms with Gasteiger partial charge in [-0.15, -0.1) is 0 Å². The Bertz CT molecular complexity index is 269. The summed E-state index contributed by atoms with van der Waals surface area (Å²) >= 11 is 0. The van der Waals surface area contributed by atoms with Gasteiger partial charge in [0.2, 0.25) is 5.91 Å². The van der Waals surface area contributed by atoms with Crippen LogP contribution in [-0.2, 0) is 9.59 Å². The van der Waals surface area contributed by atoms with E-state index >= 15 is 0 Å². The van der Waals surface area contributed by atoms with Gasteiger partial charge in [0.25, 0.3) is 0 Å². The number of aliphatic carboxylic acids is 1. The third kappa shape index (κ3) is 7.27. The molecule has 0 spiro atoms. The molecular weight excluding hydrogens is 232 g/mol. The molecule has 0 aromatic carbocycles. The van der Waals surface area contributed by atoms with Crippen LogP contribution in [0.5, 0.6) is 0 Å². The molecule has 2 unspecified atom stereocenters. The van der Waals surface area contributed by atoms with Crippen molar-refractivity contribution in [1.82, 2.24) is 10.2 Å². The van der Waals surface area contributed by atoms with Crippen LogP contribution in [0, 0.1) is 0 Å². The molecule has 0 fully saturated rings. The van der Waals surface area contributed by atoms with Gasteiger partial charge in [0.05, 0.1) is 6.54 Å². The molecule has 0 radical (unpaired) electrons. The second kappa shape index (κ2) is 8.91. The number of rotatable bonds is 9. The highest BCUT2D eigenvalue weighted by atomic mass is 16.4. The summed E-state index contributed by atoms with van der Waals surface area (Å²) in [5, 5.41) is 11.1. The van der Waals surface area contributed by atoms with E-state index in [2.05, 4.69) is 19.2 Å². The summed E-state index contributed by atoms with van der Waals surface area (Å²) in [5.74, 6) is -1.25. The zero-order valence-electron chi connectivity index (χ0n) is 11.9. The van der Waals surface area contributed by atoms with Crippen molar-refractivity contribution in [3.05, 3.63) is 0 Å². The zero-order chi connectivity index (χ0) is 14.1. The number of amides is 1. The zero-order valence-corrected chi connectivity index (χ0v) is 11.9. The Balaban J connectivity index is 3.95. The summed E-state index contributed by atoms with van der Waals surface area (Å²) in [4.78, 5) is 24.1. The lowest BCUT2D eigenvalue weighted by Crippen LogP contribution is -2.45. The molecule has 0 rings (SSSR count). The van der Waals surface area contributed by atoms with Crippen LogP contribution in [0.4, 0.5) is 0 Å². The van der Waals surface area contributed by atoms with E-state index in [-0.39, 0.29) is 12.5 Å². The maximum Gasteiger partial charge on any atom is 0.325 e. The van der Waals surface area contributed by atoms with E-state index in [4.69, 9.17) is 5.11 Å². The molecule has 0 bridgehead atoms. The molecule has 2 N–H and O–H groups in total. The smallest absolute Gasteiger partial charge is 0.325 e. The van der Waals surface area contributed by atoms with E-state index in [0.29, 0.717) is 6.04 Å². The molecule has 0 aliphatic heterocycles. The van der Waals surface area contributed by atoms with Gasteiger partial charge < -0.3 is 10.4 Å². The van der Waals surface area contributed by atoms with Gasteiger partial charge in [-0.25, -0.2) is 0 Å². The molecule has 18 heavy (non-hydrogen) atoms. The Morgan fingerprint density at radius 2 is 1.89 bits per heavy atom. The van der Waals surface area contributed by atoms with Crippen molar-refractivity contribution in [1.29, 1.82) is 0 Å². The van der Waals surface area contributed by atoms with Crippen molar-refractivity contribution in [3.63, 3.8) is 0 Å². The van der Waals surface area contributed by atoms with Crippen LogP contribution in [0.15, 0.2) is 0 Å². The number of hydrogen-bond acceptors (Lipinski definition) is 3. The highest BCUT2D eigenvalue weighted by Crippen LogP contribution is 2.07. The minimum absolute atomic E-state index is 0.241. The number of carbonyl (C=O) groups is 2. The lowest BCUT2D eigenvalue weighted by atomic mass is 10.1. The van der Waals surface area contributed by atoms with E-state index in [9.17, 15) is 9.59 Å². The predicted molar refractivity (Wildman–Crippen MR) is 71.5 cm³/mol. The number of nitrogens with one attached hydrogen (secondary N) is 1. The highest BCUT2D eigenvalue weighted by molar-refractivity contribution is 5.84. The number of hydrogen-bond donors (Lipinski definition) is 2.